The molecule has 2 rings (SSSR count). The summed E-state index contributed by atoms with van der Waals surface area (Å²) in [4.78, 5) is 24.2. The lowest BCUT2D eigenvalue weighted by Crippen LogP contribution is -2.33. The van der Waals surface area contributed by atoms with Crippen LogP contribution in [0.5, 0.6) is 5.75 Å². The van der Waals surface area contributed by atoms with E-state index in [1.54, 1.807) is 25.1 Å². The number of ether oxygens (including phenoxy) is 2. The first kappa shape index (κ1) is 22.2. The molecule has 1 atom stereocenters. The van der Waals surface area contributed by atoms with Gasteiger partial charge in [0.15, 0.2) is 0 Å². The number of rotatable bonds is 9. The van der Waals surface area contributed by atoms with E-state index in [2.05, 4.69) is 15.8 Å². The second-order valence-electron chi connectivity index (χ2n) is 5.94. The van der Waals surface area contributed by atoms with Gasteiger partial charge in [-0.05, 0) is 37.6 Å². The van der Waals surface area contributed by atoms with Gasteiger partial charge >= 0.3 is 6.09 Å². The number of alkyl carbamates (subject to hydrolysis) is 1. The largest absolute Gasteiger partial charge is 0.493 e. The second-order valence-corrected chi connectivity index (χ2v) is 6.38. The Kier molecular flexibility index (Phi) is 8.98. The van der Waals surface area contributed by atoms with Gasteiger partial charge in [-0.3, -0.25) is 4.79 Å². The topological polar surface area (TPSA) is 89.0 Å². The van der Waals surface area contributed by atoms with Gasteiger partial charge in [0.25, 0.3) is 0 Å². The van der Waals surface area contributed by atoms with E-state index in [9.17, 15) is 9.59 Å². The molecule has 2 N–H and O–H groups in total. The second kappa shape index (κ2) is 11.7. The highest BCUT2D eigenvalue weighted by Gasteiger charge is 2.18. The highest BCUT2D eigenvalue weighted by molar-refractivity contribution is 6.30. The maximum Gasteiger partial charge on any atom is 0.407 e. The number of nitrogens with one attached hydrogen (secondary N) is 2. The summed E-state index contributed by atoms with van der Waals surface area (Å²) in [6, 6.07) is 13.8. The number of hydrogen-bond donors (Lipinski definition) is 2. The van der Waals surface area contributed by atoms with E-state index in [0.717, 1.165) is 5.56 Å². The first-order valence-electron chi connectivity index (χ1n) is 9.26. The van der Waals surface area contributed by atoms with Crippen molar-refractivity contribution in [1.82, 2.24) is 10.7 Å². The van der Waals surface area contributed by atoms with Crippen molar-refractivity contribution in [3.8, 4) is 5.75 Å². The van der Waals surface area contributed by atoms with Crippen molar-refractivity contribution >= 4 is 29.8 Å². The third-order valence-corrected chi connectivity index (χ3v) is 4.06. The first-order chi connectivity index (χ1) is 14.0. The number of carbonyl (C=O) groups is 2. The third kappa shape index (κ3) is 7.46. The maximum atomic E-state index is 12.4. The van der Waals surface area contributed by atoms with Crippen molar-refractivity contribution in [3.05, 3.63) is 64.7 Å². The van der Waals surface area contributed by atoms with Crippen molar-refractivity contribution < 1.29 is 19.1 Å². The fraction of sp³-hybridized carbons (Fsp3) is 0.286. The number of hydrogen-bond acceptors (Lipinski definition) is 5. The lowest BCUT2D eigenvalue weighted by atomic mass is 10.0. The minimum atomic E-state index is -0.585. The molecule has 0 saturated heterocycles. The molecular formula is C21H24ClN3O4. The monoisotopic (exact) mass is 417 g/mol. The molecule has 29 heavy (non-hydrogen) atoms. The Bertz CT molecular complexity index is 843. The lowest BCUT2D eigenvalue weighted by Gasteiger charge is -2.18. The van der Waals surface area contributed by atoms with Crippen molar-refractivity contribution in [2.75, 3.05) is 13.2 Å². The van der Waals surface area contributed by atoms with Crippen LogP contribution < -0.4 is 15.5 Å². The van der Waals surface area contributed by atoms with Crippen LogP contribution in [0.4, 0.5) is 4.79 Å². The zero-order valence-corrected chi connectivity index (χ0v) is 17.1. The van der Waals surface area contributed by atoms with E-state index in [-0.39, 0.29) is 18.9 Å². The van der Waals surface area contributed by atoms with Crippen molar-refractivity contribution in [2.45, 2.75) is 26.3 Å². The predicted octanol–water partition coefficient (Wildman–Crippen LogP) is 4.07. The van der Waals surface area contributed by atoms with Crippen LogP contribution in [-0.2, 0) is 9.53 Å². The molecule has 0 saturated carbocycles. The number of halogens is 1. The van der Waals surface area contributed by atoms with Crippen LogP contribution in [0, 0.1) is 0 Å². The molecule has 0 aliphatic rings. The third-order valence-electron chi connectivity index (χ3n) is 3.82. The van der Waals surface area contributed by atoms with E-state index in [1.807, 2.05) is 37.3 Å². The Morgan fingerprint density at radius 2 is 1.90 bits per heavy atom. The summed E-state index contributed by atoms with van der Waals surface area (Å²) in [5.41, 5.74) is 3.89. The van der Waals surface area contributed by atoms with Gasteiger partial charge in [0.05, 0.1) is 31.9 Å². The first-order valence-corrected chi connectivity index (χ1v) is 9.63. The molecule has 0 spiro atoms. The summed E-state index contributed by atoms with van der Waals surface area (Å²) in [5.74, 6) is 0.243. The summed E-state index contributed by atoms with van der Waals surface area (Å²) in [6.07, 6.45) is 0.872. The average Bonchev–Trinajstić information content (AvgIpc) is 2.70. The fourth-order valence-corrected chi connectivity index (χ4v) is 2.75. The highest BCUT2D eigenvalue weighted by Crippen LogP contribution is 2.21. The van der Waals surface area contributed by atoms with E-state index in [1.165, 1.54) is 6.21 Å². The summed E-state index contributed by atoms with van der Waals surface area (Å²) in [6.45, 7) is 4.32. The minimum absolute atomic E-state index is 0.00592. The Morgan fingerprint density at radius 1 is 1.14 bits per heavy atom. The Hall–Kier alpha value is -3.06. The van der Waals surface area contributed by atoms with Gasteiger partial charge in [-0.2, -0.15) is 5.10 Å². The fourth-order valence-electron chi connectivity index (χ4n) is 2.56. The van der Waals surface area contributed by atoms with Gasteiger partial charge < -0.3 is 14.8 Å². The average molecular weight is 418 g/mol. The standard InChI is InChI=1S/C21H24ClN3O4/c1-3-28-19-11-10-17(22)12-16(19)14-23-25-20(26)13-18(24-21(27)29-4-2)15-8-6-5-7-9-15/h5-12,14,18H,3-4,13H2,1-2H3,(H,24,27)(H,25,26)/b23-14-/t18-/m0/s1. The maximum absolute atomic E-state index is 12.4. The molecule has 8 heteroatoms. The Morgan fingerprint density at radius 3 is 2.59 bits per heavy atom. The Labute approximate surface area is 175 Å². The molecular weight excluding hydrogens is 394 g/mol. The van der Waals surface area contributed by atoms with Crippen LogP contribution in [0.2, 0.25) is 5.02 Å². The number of carbonyl (C=O) groups excluding carboxylic acids is 2. The summed E-state index contributed by atoms with van der Waals surface area (Å²) in [5, 5.41) is 7.21. The predicted molar refractivity (Wildman–Crippen MR) is 112 cm³/mol. The minimum Gasteiger partial charge on any atom is -0.493 e. The molecule has 2 aromatic rings. The molecule has 0 aromatic heterocycles. The molecule has 0 fully saturated rings. The van der Waals surface area contributed by atoms with Crippen LogP contribution >= 0.6 is 11.6 Å². The highest BCUT2D eigenvalue weighted by atomic mass is 35.5. The quantitative estimate of drug-likeness (QED) is 0.475. The molecule has 0 radical (unpaired) electrons. The Balaban J connectivity index is 2.04. The molecule has 0 aliphatic heterocycles. The van der Waals surface area contributed by atoms with Crippen LogP contribution in [0.25, 0.3) is 0 Å². The van der Waals surface area contributed by atoms with Crippen molar-refractivity contribution in [2.24, 2.45) is 5.10 Å². The van der Waals surface area contributed by atoms with Gasteiger partial charge in [-0.1, -0.05) is 41.9 Å². The van der Waals surface area contributed by atoms with Gasteiger partial charge in [-0.15, -0.1) is 0 Å². The number of amides is 2. The smallest absolute Gasteiger partial charge is 0.407 e. The molecule has 2 aromatic carbocycles. The summed E-state index contributed by atoms with van der Waals surface area (Å²) >= 11 is 6.01. The molecule has 0 bridgehead atoms. The summed E-state index contributed by atoms with van der Waals surface area (Å²) in [7, 11) is 0. The SMILES string of the molecule is CCOC(=O)N[C@@H](CC(=O)N/N=C\c1cc(Cl)ccc1OCC)c1ccccc1. The van der Waals surface area contributed by atoms with Gasteiger partial charge in [0, 0.05) is 10.6 Å². The van der Waals surface area contributed by atoms with Crippen LogP contribution in [-0.4, -0.2) is 31.4 Å². The summed E-state index contributed by atoms with van der Waals surface area (Å²) < 4.78 is 10.4. The number of hydrazone groups is 1. The van der Waals surface area contributed by atoms with Gasteiger partial charge in [-0.25, -0.2) is 10.2 Å². The molecule has 0 unspecified atom stereocenters. The van der Waals surface area contributed by atoms with Crippen LogP contribution in [0.15, 0.2) is 53.6 Å². The molecule has 0 heterocycles. The number of benzene rings is 2. The van der Waals surface area contributed by atoms with Crippen molar-refractivity contribution in [1.29, 1.82) is 0 Å². The van der Waals surface area contributed by atoms with Gasteiger partial charge in [0.1, 0.15) is 5.75 Å². The zero-order chi connectivity index (χ0) is 21.1. The van der Waals surface area contributed by atoms with Crippen molar-refractivity contribution in [3.63, 3.8) is 0 Å². The van der Waals surface area contributed by atoms with Gasteiger partial charge in [0.2, 0.25) is 5.91 Å². The van der Waals surface area contributed by atoms with E-state index in [4.69, 9.17) is 21.1 Å². The number of nitrogens with zero attached hydrogens (tertiary/aromatic N) is 1. The normalized spacial score (nSPS) is 11.7. The lowest BCUT2D eigenvalue weighted by molar-refractivity contribution is -0.121. The molecule has 7 nitrogen and oxygen atoms in total. The zero-order valence-electron chi connectivity index (χ0n) is 16.4. The van der Waals surface area contributed by atoms with E-state index < -0.39 is 12.1 Å². The van der Waals surface area contributed by atoms with Crippen LogP contribution in [0.1, 0.15) is 37.4 Å². The molecule has 2 amide bonds. The van der Waals surface area contributed by atoms with E-state index in [0.29, 0.717) is 22.9 Å². The molecule has 0 aliphatic carbocycles. The van der Waals surface area contributed by atoms with E-state index >= 15 is 0 Å². The molecule has 154 valence electrons. The van der Waals surface area contributed by atoms with Crippen LogP contribution in [0.3, 0.4) is 0 Å².